The van der Waals surface area contributed by atoms with E-state index in [1.165, 1.54) is 4.90 Å². The highest BCUT2D eigenvalue weighted by Crippen LogP contribution is 2.53. The summed E-state index contributed by atoms with van der Waals surface area (Å²) >= 11 is 3.45. The van der Waals surface area contributed by atoms with Crippen LogP contribution in [0.3, 0.4) is 0 Å². The van der Waals surface area contributed by atoms with Gasteiger partial charge < -0.3 is 0 Å². The SMILES string of the molecule is Cc1cc(N2C(=O)C3[C@@H]4C=C[C@@H](C4)[C@@H]3C2=O)ccc1Br. The van der Waals surface area contributed by atoms with E-state index in [0.29, 0.717) is 5.69 Å². The molecule has 0 N–H and O–H groups in total. The first-order valence-electron chi connectivity index (χ1n) is 6.90. The largest absolute Gasteiger partial charge is 0.274 e. The van der Waals surface area contributed by atoms with E-state index in [2.05, 4.69) is 28.1 Å². The molecule has 3 nitrogen and oxygen atoms in total. The van der Waals surface area contributed by atoms with Gasteiger partial charge in [-0.25, -0.2) is 0 Å². The third kappa shape index (κ3) is 1.46. The highest BCUT2D eigenvalue weighted by molar-refractivity contribution is 9.10. The predicted molar refractivity (Wildman–Crippen MR) is 79.1 cm³/mol. The molecule has 20 heavy (non-hydrogen) atoms. The third-order valence-corrected chi connectivity index (χ3v) is 5.76. The molecule has 1 aromatic carbocycles. The van der Waals surface area contributed by atoms with Gasteiger partial charge in [-0.05, 0) is 48.9 Å². The van der Waals surface area contributed by atoms with E-state index >= 15 is 0 Å². The number of imide groups is 1. The molecule has 0 radical (unpaired) electrons. The number of carbonyl (C=O) groups is 2. The minimum Gasteiger partial charge on any atom is -0.274 e. The van der Waals surface area contributed by atoms with Crippen LogP contribution in [0.2, 0.25) is 0 Å². The Morgan fingerprint density at radius 1 is 1.10 bits per heavy atom. The zero-order valence-electron chi connectivity index (χ0n) is 11.0. The number of nitrogens with zero attached hydrogens (tertiary/aromatic N) is 1. The Hall–Kier alpha value is -1.42. The number of allylic oxidation sites excluding steroid dienone is 2. The Morgan fingerprint density at radius 2 is 1.70 bits per heavy atom. The van der Waals surface area contributed by atoms with Crippen molar-refractivity contribution in [2.45, 2.75) is 13.3 Å². The topological polar surface area (TPSA) is 37.4 Å². The number of benzene rings is 1. The van der Waals surface area contributed by atoms with Crippen molar-refractivity contribution >= 4 is 33.4 Å². The maximum Gasteiger partial charge on any atom is 0.238 e. The van der Waals surface area contributed by atoms with Crippen molar-refractivity contribution in [3.05, 3.63) is 40.4 Å². The van der Waals surface area contributed by atoms with E-state index in [1.807, 2.05) is 25.1 Å². The number of halogens is 1. The Bertz CT molecular complexity index is 636. The molecule has 2 fully saturated rings. The molecule has 2 aliphatic carbocycles. The number of fused-ring (bicyclic) bond motifs is 5. The molecule has 1 saturated carbocycles. The second-order valence-electron chi connectivity index (χ2n) is 5.95. The molecule has 1 aliphatic heterocycles. The van der Waals surface area contributed by atoms with Gasteiger partial charge >= 0.3 is 0 Å². The summed E-state index contributed by atoms with van der Waals surface area (Å²) in [6.07, 6.45) is 5.21. The standard InChI is InChI=1S/C16H14BrNO2/c1-8-6-11(4-5-12(8)17)18-15(19)13-9-2-3-10(7-9)14(13)16(18)20/h2-6,9-10,13-14H,7H2,1H3/t9-,10+,13-,14?/m0/s1. The Morgan fingerprint density at radius 3 is 2.25 bits per heavy atom. The van der Waals surface area contributed by atoms with Crippen LogP contribution in [0.1, 0.15) is 12.0 Å². The number of anilines is 1. The molecule has 0 spiro atoms. The van der Waals surface area contributed by atoms with Crippen LogP contribution in [-0.2, 0) is 9.59 Å². The van der Waals surface area contributed by atoms with Crippen molar-refractivity contribution < 1.29 is 9.59 Å². The predicted octanol–water partition coefficient (Wildman–Crippen LogP) is 3.07. The number of aryl methyl sites for hydroxylation is 1. The van der Waals surface area contributed by atoms with E-state index in [4.69, 9.17) is 0 Å². The molecular formula is C16H14BrNO2. The average molecular weight is 332 g/mol. The summed E-state index contributed by atoms with van der Waals surface area (Å²) in [4.78, 5) is 26.7. The molecule has 4 heteroatoms. The normalized spacial score (nSPS) is 34.2. The van der Waals surface area contributed by atoms with Gasteiger partial charge in [0.2, 0.25) is 11.8 Å². The summed E-state index contributed by atoms with van der Waals surface area (Å²) in [7, 11) is 0. The van der Waals surface area contributed by atoms with Crippen LogP contribution in [0.4, 0.5) is 5.69 Å². The highest BCUT2D eigenvalue weighted by Gasteiger charge is 2.59. The van der Waals surface area contributed by atoms with Crippen molar-refractivity contribution in [3.63, 3.8) is 0 Å². The Balaban J connectivity index is 1.76. The fourth-order valence-corrected chi connectivity index (χ4v) is 4.17. The second kappa shape index (κ2) is 4.04. The smallest absolute Gasteiger partial charge is 0.238 e. The number of hydrogen-bond donors (Lipinski definition) is 0. The average Bonchev–Trinajstić information content (AvgIpc) is 3.08. The molecule has 2 amide bonds. The number of carbonyl (C=O) groups excluding carboxylic acids is 2. The molecule has 1 heterocycles. The first-order valence-corrected chi connectivity index (χ1v) is 7.69. The lowest BCUT2D eigenvalue weighted by molar-refractivity contribution is -0.123. The van der Waals surface area contributed by atoms with Crippen molar-refractivity contribution in [3.8, 4) is 0 Å². The van der Waals surface area contributed by atoms with Gasteiger partial charge in [-0.1, -0.05) is 28.1 Å². The van der Waals surface area contributed by atoms with Gasteiger partial charge in [0.05, 0.1) is 17.5 Å². The number of amides is 2. The lowest BCUT2D eigenvalue weighted by Gasteiger charge is -2.18. The first-order chi connectivity index (χ1) is 9.58. The van der Waals surface area contributed by atoms with Crippen LogP contribution in [0.5, 0.6) is 0 Å². The quantitative estimate of drug-likeness (QED) is 0.585. The van der Waals surface area contributed by atoms with E-state index in [1.54, 1.807) is 0 Å². The third-order valence-electron chi connectivity index (χ3n) is 4.87. The van der Waals surface area contributed by atoms with E-state index in [0.717, 1.165) is 16.5 Å². The first kappa shape index (κ1) is 12.3. The van der Waals surface area contributed by atoms with Crippen LogP contribution in [0.15, 0.2) is 34.8 Å². The van der Waals surface area contributed by atoms with Gasteiger partial charge in [-0.2, -0.15) is 0 Å². The van der Waals surface area contributed by atoms with E-state index < -0.39 is 0 Å². The monoisotopic (exact) mass is 331 g/mol. The molecule has 2 bridgehead atoms. The summed E-state index contributed by atoms with van der Waals surface area (Å²) in [5.74, 6) is 0.256. The second-order valence-corrected chi connectivity index (χ2v) is 6.80. The lowest BCUT2D eigenvalue weighted by Crippen LogP contribution is -2.32. The summed E-state index contributed by atoms with van der Waals surface area (Å²) < 4.78 is 0.988. The molecule has 1 unspecified atom stereocenters. The van der Waals surface area contributed by atoms with Gasteiger partial charge in [0.15, 0.2) is 0 Å². The zero-order valence-corrected chi connectivity index (χ0v) is 12.6. The fraction of sp³-hybridized carbons (Fsp3) is 0.375. The van der Waals surface area contributed by atoms with Crippen LogP contribution < -0.4 is 4.90 Å². The van der Waals surface area contributed by atoms with E-state index in [-0.39, 0.29) is 35.5 Å². The molecule has 1 aromatic rings. The van der Waals surface area contributed by atoms with Crippen LogP contribution in [-0.4, -0.2) is 11.8 Å². The highest BCUT2D eigenvalue weighted by atomic mass is 79.9. The minimum atomic E-state index is -0.124. The summed E-state index contributed by atoms with van der Waals surface area (Å²) in [6.45, 7) is 1.96. The summed E-state index contributed by atoms with van der Waals surface area (Å²) in [5.41, 5.74) is 1.73. The van der Waals surface area contributed by atoms with Crippen molar-refractivity contribution in [1.29, 1.82) is 0 Å². The van der Waals surface area contributed by atoms with Gasteiger partial charge in [0.25, 0.3) is 0 Å². The summed E-state index contributed by atoms with van der Waals surface area (Å²) in [6, 6.07) is 5.63. The molecule has 102 valence electrons. The fourth-order valence-electron chi connectivity index (χ4n) is 3.92. The van der Waals surface area contributed by atoms with Gasteiger partial charge in [-0.15, -0.1) is 0 Å². The Kier molecular flexibility index (Phi) is 2.49. The van der Waals surface area contributed by atoms with Gasteiger partial charge in [-0.3, -0.25) is 14.5 Å². The van der Waals surface area contributed by atoms with Crippen molar-refractivity contribution in [1.82, 2.24) is 0 Å². The molecule has 0 aromatic heterocycles. The van der Waals surface area contributed by atoms with Crippen LogP contribution in [0.25, 0.3) is 0 Å². The van der Waals surface area contributed by atoms with E-state index in [9.17, 15) is 9.59 Å². The summed E-state index contributed by atoms with van der Waals surface area (Å²) in [5, 5.41) is 0. The number of hydrogen-bond acceptors (Lipinski definition) is 2. The molecule has 4 rings (SSSR count). The molecule has 4 atom stereocenters. The van der Waals surface area contributed by atoms with Crippen LogP contribution >= 0.6 is 15.9 Å². The molecule has 1 saturated heterocycles. The maximum absolute atomic E-state index is 12.6. The number of rotatable bonds is 1. The molecule has 3 aliphatic rings. The lowest BCUT2D eigenvalue weighted by atomic mass is 9.85. The minimum absolute atomic E-state index is 0.0152. The van der Waals surface area contributed by atoms with Crippen LogP contribution in [0, 0.1) is 30.6 Å². The van der Waals surface area contributed by atoms with Crippen molar-refractivity contribution in [2.75, 3.05) is 4.90 Å². The Labute approximate surface area is 125 Å². The van der Waals surface area contributed by atoms with Crippen molar-refractivity contribution in [2.24, 2.45) is 23.7 Å². The maximum atomic E-state index is 12.6. The molecular weight excluding hydrogens is 318 g/mol. The van der Waals surface area contributed by atoms with Gasteiger partial charge in [0, 0.05) is 4.47 Å². The van der Waals surface area contributed by atoms with Gasteiger partial charge in [0.1, 0.15) is 0 Å². The zero-order chi connectivity index (χ0) is 14.0.